The van der Waals surface area contributed by atoms with Crippen LogP contribution in [0.1, 0.15) is 24.5 Å². The number of carbonyl (C=O) groups excluding carboxylic acids is 2. The lowest BCUT2D eigenvalue weighted by Gasteiger charge is -2.18. The molecule has 0 spiro atoms. The first-order valence-corrected chi connectivity index (χ1v) is 11.7. The molecule has 198 valence electrons. The molecule has 3 atom stereocenters. The third-order valence-electron chi connectivity index (χ3n) is 6.38. The Balaban J connectivity index is 1.16. The van der Waals surface area contributed by atoms with Crippen LogP contribution < -0.4 is 20.7 Å². The number of rotatable bonds is 5. The van der Waals surface area contributed by atoms with Crippen molar-refractivity contribution in [3.05, 3.63) is 83.2 Å². The molecule has 2 fully saturated rings. The van der Waals surface area contributed by atoms with Crippen molar-refractivity contribution in [3.8, 4) is 5.75 Å². The number of carbonyl (C=O) groups is 2. The molecular weight excluding hydrogens is 508 g/mol. The van der Waals surface area contributed by atoms with Gasteiger partial charge in [-0.25, -0.2) is 14.2 Å². The molecular formula is C26H22F4N4O4. The SMILES string of the molecule is C=C1/C(=C\C=C(/C)Oc2ccnc3c2CCC(=O)N3)O[C@@H]2[C@@H](NC(=O)Nc3ccc(F)c(C(F)(F)F)c3)[C@H]12. The summed E-state index contributed by atoms with van der Waals surface area (Å²) >= 11 is 0. The smallest absolute Gasteiger partial charge is 0.419 e. The average molecular weight is 530 g/mol. The first-order chi connectivity index (χ1) is 18.0. The second-order valence-corrected chi connectivity index (χ2v) is 9.04. The minimum Gasteiger partial charge on any atom is -0.487 e. The number of nitrogens with zero attached hydrogens (tertiary/aromatic N) is 1. The zero-order chi connectivity index (χ0) is 27.2. The van der Waals surface area contributed by atoms with Gasteiger partial charge in [-0.3, -0.25) is 4.79 Å². The molecule has 0 unspecified atom stereocenters. The number of anilines is 2. The molecule has 1 saturated heterocycles. The van der Waals surface area contributed by atoms with E-state index in [9.17, 15) is 27.2 Å². The Hall–Kier alpha value is -4.35. The van der Waals surface area contributed by atoms with E-state index < -0.39 is 29.6 Å². The highest BCUT2D eigenvalue weighted by molar-refractivity contribution is 5.93. The molecule has 5 rings (SSSR count). The fraction of sp³-hybridized carbons (Fsp3) is 0.269. The van der Waals surface area contributed by atoms with Crippen LogP contribution in [-0.2, 0) is 22.1 Å². The lowest BCUT2D eigenvalue weighted by molar-refractivity contribution is -0.140. The zero-order valence-corrected chi connectivity index (χ0v) is 20.0. The predicted molar refractivity (Wildman–Crippen MR) is 129 cm³/mol. The summed E-state index contributed by atoms with van der Waals surface area (Å²) in [7, 11) is 0. The molecule has 12 heteroatoms. The molecule has 1 saturated carbocycles. The van der Waals surface area contributed by atoms with Crippen molar-refractivity contribution < 1.29 is 36.6 Å². The molecule has 3 N–H and O–H groups in total. The summed E-state index contributed by atoms with van der Waals surface area (Å²) in [4.78, 5) is 28.0. The first kappa shape index (κ1) is 25.3. The number of benzene rings is 1. The van der Waals surface area contributed by atoms with Gasteiger partial charge in [0.25, 0.3) is 0 Å². The minimum atomic E-state index is -4.88. The topological polar surface area (TPSA) is 102 Å². The summed E-state index contributed by atoms with van der Waals surface area (Å²) in [5, 5.41) is 7.65. The predicted octanol–water partition coefficient (Wildman–Crippen LogP) is 5.07. The van der Waals surface area contributed by atoms with E-state index in [1.54, 1.807) is 31.3 Å². The molecule has 1 aromatic carbocycles. The molecule has 2 aliphatic heterocycles. The second kappa shape index (κ2) is 9.51. The number of amides is 3. The molecule has 0 radical (unpaired) electrons. The first-order valence-electron chi connectivity index (χ1n) is 11.7. The largest absolute Gasteiger partial charge is 0.487 e. The number of hydrogen-bond acceptors (Lipinski definition) is 5. The number of hydrogen-bond donors (Lipinski definition) is 3. The number of halogens is 4. The van der Waals surface area contributed by atoms with Gasteiger partial charge in [0.15, 0.2) is 0 Å². The molecule has 0 bridgehead atoms. The normalized spacial score (nSPS) is 23.2. The van der Waals surface area contributed by atoms with E-state index in [4.69, 9.17) is 9.47 Å². The Bertz CT molecular complexity index is 1400. The second-order valence-electron chi connectivity index (χ2n) is 9.04. The Kier molecular flexibility index (Phi) is 6.33. The summed E-state index contributed by atoms with van der Waals surface area (Å²) < 4.78 is 63.9. The molecule has 8 nitrogen and oxygen atoms in total. The van der Waals surface area contributed by atoms with Gasteiger partial charge in [0.2, 0.25) is 5.91 Å². The van der Waals surface area contributed by atoms with Crippen molar-refractivity contribution in [2.75, 3.05) is 10.6 Å². The van der Waals surface area contributed by atoms with Gasteiger partial charge in [-0.15, -0.1) is 0 Å². The lowest BCUT2D eigenvalue weighted by Crippen LogP contribution is -2.34. The van der Waals surface area contributed by atoms with Crippen LogP contribution in [0.15, 0.2) is 66.3 Å². The van der Waals surface area contributed by atoms with Crippen molar-refractivity contribution in [3.63, 3.8) is 0 Å². The number of allylic oxidation sites excluding steroid dienone is 4. The Morgan fingerprint density at radius 1 is 1.29 bits per heavy atom. The van der Waals surface area contributed by atoms with Gasteiger partial charge in [-0.2, -0.15) is 13.2 Å². The molecule has 38 heavy (non-hydrogen) atoms. The van der Waals surface area contributed by atoms with E-state index in [2.05, 4.69) is 27.5 Å². The number of fused-ring (bicyclic) bond motifs is 2. The Morgan fingerprint density at radius 3 is 2.79 bits per heavy atom. The third-order valence-corrected chi connectivity index (χ3v) is 6.38. The van der Waals surface area contributed by atoms with E-state index in [1.165, 1.54) is 0 Å². The number of nitrogens with one attached hydrogen (secondary N) is 3. The fourth-order valence-electron chi connectivity index (χ4n) is 4.44. The quantitative estimate of drug-likeness (QED) is 0.370. The van der Waals surface area contributed by atoms with Gasteiger partial charge in [-0.1, -0.05) is 6.58 Å². The molecule has 1 aliphatic carbocycles. The number of alkyl halides is 3. The zero-order valence-electron chi connectivity index (χ0n) is 20.0. The van der Waals surface area contributed by atoms with E-state index in [-0.39, 0.29) is 23.6 Å². The van der Waals surface area contributed by atoms with Gasteiger partial charge < -0.3 is 25.4 Å². The van der Waals surface area contributed by atoms with Gasteiger partial charge in [0, 0.05) is 23.9 Å². The van der Waals surface area contributed by atoms with Crippen LogP contribution in [-0.4, -0.2) is 29.1 Å². The summed E-state index contributed by atoms with van der Waals surface area (Å²) in [6.45, 7) is 5.79. The van der Waals surface area contributed by atoms with Crippen LogP contribution in [0, 0.1) is 11.7 Å². The third kappa shape index (κ3) is 5.06. The highest BCUT2D eigenvalue weighted by atomic mass is 19.4. The Labute approximate surface area is 214 Å². The average Bonchev–Trinajstić information content (AvgIpc) is 3.40. The molecule has 1 aromatic heterocycles. The van der Waals surface area contributed by atoms with Crippen molar-refractivity contribution in [2.45, 2.75) is 38.1 Å². The summed E-state index contributed by atoms with van der Waals surface area (Å²) in [6.07, 6.45) is 0.597. The van der Waals surface area contributed by atoms with Crippen molar-refractivity contribution in [2.24, 2.45) is 5.92 Å². The van der Waals surface area contributed by atoms with E-state index in [1.807, 2.05) is 0 Å². The van der Waals surface area contributed by atoms with Crippen LogP contribution in [0.5, 0.6) is 5.75 Å². The molecule has 3 amide bonds. The monoisotopic (exact) mass is 530 g/mol. The summed E-state index contributed by atoms with van der Waals surface area (Å²) in [5.74, 6) is 0.468. The van der Waals surface area contributed by atoms with Gasteiger partial charge in [0.1, 0.15) is 35.0 Å². The Morgan fingerprint density at radius 2 is 2.08 bits per heavy atom. The van der Waals surface area contributed by atoms with E-state index in [0.717, 1.165) is 11.6 Å². The molecule has 3 heterocycles. The van der Waals surface area contributed by atoms with Crippen molar-refractivity contribution in [1.29, 1.82) is 0 Å². The lowest BCUT2D eigenvalue weighted by atomic mass is 10.1. The van der Waals surface area contributed by atoms with Crippen LogP contribution in [0.2, 0.25) is 0 Å². The standard InChI is InChI=1S/C26H22F4N4O4/c1-12(37-19-9-10-31-24-15(19)5-8-20(35)33-24)3-7-18-13(2)21-22(23(21)38-18)34-25(36)32-14-4-6-17(27)16(11-14)26(28,29)30/h3-4,6-7,9-11,21-23H,2,5,8H2,1H3,(H,31,33,35)(H2,32,34,36)/b12-3+,18-7+/t21-,22-,23-/m0/s1. The minimum absolute atomic E-state index is 0.0917. The van der Waals surface area contributed by atoms with Gasteiger partial charge >= 0.3 is 12.2 Å². The van der Waals surface area contributed by atoms with E-state index >= 15 is 0 Å². The van der Waals surface area contributed by atoms with Gasteiger partial charge in [-0.05, 0) is 55.3 Å². The summed E-state index contributed by atoms with van der Waals surface area (Å²) in [5.41, 5.74) is -0.180. The van der Waals surface area contributed by atoms with E-state index in [0.29, 0.717) is 53.6 Å². The maximum atomic E-state index is 13.5. The van der Waals surface area contributed by atoms with Crippen molar-refractivity contribution in [1.82, 2.24) is 10.3 Å². The number of pyridine rings is 1. The van der Waals surface area contributed by atoms with Crippen molar-refractivity contribution >= 4 is 23.4 Å². The van der Waals surface area contributed by atoms with Gasteiger partial charge in [0.05, 0.1) is 17.5 Å². The maximum absolute atomic E-state index is 13.5. The molecule has 3 aliphatic rings. The molecule has 2 aromatic rings. The maximum Gasteiger partial charge on any atom is 0.419 e. The van der Waals surface area contributed by atoms with Crippen LogP contribution >= 0.6 is 0 Å². The fourth-order valence-corrected chi connectivity index (χ4v) is 4.44. The highest BCUT2D eigenvalue weighted by Gasteiger charge is 2.60. The van der Waals surface area contributed by atoms with Crippen LogP contribution in [0.3, 0.4) is 0 Å². The van der Waals surface area contributed by atoms with Crippen LogP contribution in [0.4, 0.5) is 33.9 Å². The van der Waals surface area contributed by atoms with Crippen LogP contribution in [0.25, 0.3) is 0 Å². The highest BCUT2D eigenvalue weighted by Crippen LogP contribution is 2.50. The number of ether oxygens (including phenoxy) is 2. The number of urea groups is 1. The number of aromatic nitrogens is 1. The summed E-state index contributed by atoms with van der Waals surface area (Å²) in [6, 6.07) is 2.80.